The number of allylic oxidation sites excluding steroid dienone is 1. The van der Waals surface area contributed by atoms with E-state index < -0.39 is 4.92 Å². The number of non-ortho nitro benzene ring substituents is 1. The normalized spacial score (nSPS) is 11.2. The highest BCUT2D eigenvalue weighted by Crippen LogP contribution is 2.30. The fourth-order valence-corrected chi connectivity index (χ4v) is 3.24. The van der Waals surface area contributed by atoms with Crippen LogP contribution in [0.25, 0.3) is 17.5 Å². The number of aromatic nitrogens is 1. The van der Waals surface area contributed by atoms with E-state index >= 15 is 0 Å². The zero-order chi connectivity index (χ0) is 21.3. The summed E-state index contributed by atoms with van der Waals surface area (Å²) in [4.78, 5) is 10.4. The van der Waals surface area contributed by atoms with Gasteiger partial charge in [0.2, 0.25) is 5.88 Å². The second-order valence-electron chi connectivity index (χ2n) is 6.71. The van der Waals surface area contributed by atoms with Crippen molar-refractivity contribution in [2.24, 2.45) is 0 Å². The molecule has 0 N–H and O–H groups in total. The quantitative estimate of drug-likeness (QED) is 0.350. The Labute approximate surface area is 167 Å². The number of rotatable bonds is 4. The molecule has 0 spiro atoms. The Bertz CT molecular complexity index is 1230. The second-order valence-corrected chi connectivity index (χ2v) is 6.71. The van der Waals surface area contributed by atoms with E-state index in [1.165, 1.54) is 12.1 Å². The molecule has 0 fully saturated rings. The lowest BCUT2D eigenvalue weighted by molar-refractivity contribution is -0.384. The fourth-order valence-electron chi connectivity index (χ4n) is 3.24. The van der Waals surface area contributed by atoms with Gasteiger partial charge in [-0.15, -0.1) is 0 Å². The highest BCUT2D eigenvalue weighted by atomic mass is 16.6. The lowest BCUT2D eigenvalue weighted by Crippen LogP contribution is -2.00. The van der Waals surface area contributed by atoms with Crippen molar-refractivity contribution in [3.8, 4) is 18.0 Å². The molecule has 3 rings (SSSR count). The molecule has 0 bridgehead atoms. The first kappa shape index (κ1) is 19.7. The molecule has 144 valence electrons. The van der Waals surface area contributed by atoms with Gasteiger partial charge in [-0.2, -0.15) is 10.5 Å². The van der Waals surface area contributed by atoms with Crippen LogP contribution in [0.4, 0.5) is 5.69 Å². The highest BCUT2D eigenvalue weighted by molar-refractivity contribution is 5.90. The number of aryl methyl sites for hydroxylation is 2. The molecule has 7 heteroatoms. The summed E-state index contributed by atoms with van der Waals surface area (Å²) in [6, 6.07) is 12.1. The van der Waals surface area contributed by atoms with Crippen LogP contribution in [0.15, 0.2) is 34.7 Å². The van der Waals surface area contributed by atoms with Crippen molar-refractivity contribution < 1.29 is 9.34 Å². The Kier molecular flexibility index (Phi) is 5.08. The Balaban J connectivity index is 2.10. The molecule has 3 aromatic rings. The number of hydrogen-bond donors (Lipinski definition) is 0. The average molecular weight is 386 g/mol. The molecular weight excluding hydrogens is 368 g/mol. The van der Waals surface area contributed by atoms with Crippen LogP contribution in [-0.4, -0.2) is 9.49 Å². The Morgan fingerprint density at radius 2 is 1.83 bits per heavy atom. The van der Waals surface area contributed by atoms with Gasteiger partial charge in [0.25, 0.3) is 5.69 Å². The number of nitro benzene ring substituents is 1. The summed E-state index contributed by atoms with van der Waals surface area (Å²) in [7, 11) is 0. The van der Waals surface area contributed by atoms with Crippen molar-refractivity contribution in [2.75, 3.05) is 0 Å². The van der Waals surface area contributed by atoms with Crippen LogP contribution >= 0.6 is 0 Å². The molecule has 0 saturated heterocycles. The Morgan fingerprint density at radius 3 is 2.38 bits per heavy atom. The van der Waals surface area contributed by atoms with Crippen molar-refractivity contribution in [1.82, 2.24) is 4.57 Å². The maximum atomic E-state index is 10.8. The van der Waals surface area contributed by atoms with Crippen LogP contribution in [0.3, 0.4) is 0 Å². The van der Waals surface area contributed by atoms with Crippen molar-refractivity contribution in [3.63, 3.8) is 0 Å². The minimum atomic E-state index is -0.479. The number of nitriles is 2. The van der Waals surface area contributed by atoms with Crippen molar-refractivity contribution in [2.45, 2.75) is 27.7 Å². The maximum Gasteiger partial charge on any atom is 0.269 e. The molecule has 0 atom stereocenters. The lowest BCUT2D eigenvalue weighted by atomic mass is 10.0. The zero-order valence-electron chi connectivity index (χ0n) is 16.5. The van der Waals surface area contributed by atoms with Gasteiger partial charge in [0.05, 0.1) is 16.6 Å². The van der Waals surface area contributed by atoms with E-state index in [-0.39, 0.29) is 5.69 Å². The predicted octanol–water partition coefficient (Wildman–Crippen LogP) is 5.15. The molecule has 0 amide bonds. The first-order chi connectivity index (χ1) is 13.8. The van der Waals surface area contributed by atoms with Gasteiger partial charge >= 0.3 is 0 Å². The van der Waals surface area contributed by atoms with Crippen LogP contribution in [0.1, 0.15) is 39.4 Å². The second kappa shape index (κ2) is 7.49. The smallest absolute Gasteiger partial charge is 0.269 e. The third-order valence-electron chi connectivity index (χ3n) is 4.96. The van der Waals surface area contributed by atoms with E-state index in [0.717, 1.165) is 22.5 Å². The van der Waals surface area contributed by atoms with E-state index in [1.54, 1.807) is 18.2 Å². The summed E-state index contributed by atoms with van der Waals surface area (Å²) in [5.41, 5.74) is 4.70. The third kappa shape index (κ3) is 3.42. The molecule has 2 aromatic heterocycles. The summed E-state index contributed by atoms with van der Waals surface area (Å²) in [5, 5.41) is 30.0. The number of nitrogens with zero attached hydrogens (tertiary/aromatic N) is 4. The van der Waals surface area contributed by atoms with Gasteiger partial charge in [0.1, 0.15) is 17.4 Å². The van der Waals surface area contributed by atoms with Gasteiger partial charge < -0.3 is 4.42 Å². The number of hydrogen-bond acceptors (Lipinski definition) is 5. The van der Waals surface area contributed by atoms with Crippen molar-refractivity contribution in [1.29, 1.82) is 10.5 Å². The van der Waals surface area contributed by atoms with E-state index in [4.69, 9.17) is 4.42 Å². The van der Waals surface area contributed by atoms with Crippen LogP contribution < -0.4 is 0 Å². The van der Waals surface area contributed by atoms with Crippen LogP contribution in [0, 0.1) is 60.5 Å². The van der Waals surface area contributed by atoms with Crippen molar-refractivity contribution >= 4 is 17.3 Å². The third-order valence-corrected chi connectivity index (χ3v) is 4.96. The van der Waals surface area contributed by atoms with E-state index in [1.807, 2.05) is 38.3 Å². The highest BCUT2D eigenvalue weighted by Gasteiger charge is 2.20. The zero-order valence-corrected chi connectivity index (χ0v) is 16.5. The maximum absolute atomic E-state index is 10.8. The number of nitro groups is 1. The number of benzene rings is 1. The first-order valence-corrected chi connectivity index (χ1v) is 8.84. The molecule has 7 nitrogen and oxygen atoms in total. The van der Waals surface area contributed by atoms with Crippen molar-refractivity contribution in [3.05, 3.63) is 79.8 Å². The topological polar surface area (TPSA) is 109 Å². The molecule has 2 heterocycles. The summed E-state index contributed by atoms with van der Waals surface area (Å²) in [6.07, 6.45) is 1.73. The van der Waals surface area contributed by atoms with Gasteiger partial charge in [-0.05, 0) is 63.1 Å². The Hall–Kier alpha value is -4.10. The van der Waals surface area contributed by atoms with Gasteiger partial charge in [-0.25, -0.2) is 0 Å². The Morgan fingerprint density at radius 1 is 1.17 bits per heavy atom. The van der Waals surface area contributed by atoms with Crippen LogP contribution in [-0.2, 0) is 0 Å². The minimum absolute atomic E-state index is 0.0307. The van der Waals surface area contributed by atoms with Gasteiger partial charge in [0, 0.05) is 29.1 Å². The molecule has 1 aromatic carbocycles. The van der Waals surface area contributed by atoms with Gasteiger partial charge in [-0.3, -0.25) is 14.7 Å². The minimum Gasteiger partial charge on any atom is -0.443 e. The fraction of sp³-hybridized carbons (Fsp3) is 0.182. The molecule has 0 aliphatic rings. The SMILES string of the molecule is Cc1oc(-n2c(C)cc(/C=C(/C#N)c3ccc([N+](=O)[O-])cc3)c2C)c(C#N)c1C. The molecule has 0 aliphatic carbocycles. The van der Waals surface area contributed by atoms with E-state index in [0.29, 0.717) is 28.3 Å². The largest absolute Gasteiger partial charge is 0.443 e. The van der Waals surface area contributed by atoms with Gasteiger partial charge in [-0.1, -0.05) is 0 Å². The number of furan rings is 1. The molecule has 0 unspecified atom stereocenters. The predicted molar refractivity (Wildman–Crippen MR) is 108 cm³/mol. The standard InChI is InChI=1S/C22H18N4O3/c1-13-9-18(10-19(11-23)17-5-7-20(8-6-17)26(27)28)15(3)25(13)22-21(12-24)14(2)16(4)29-22/h5-10H,1-4H3/b19-10-. The molecule has 0 aliphatic heterocycles. The summed E-state index contributed by atoms with van der Waals surface area (Å²) in [6.45, 7) is 7.45. The van der Waals surface area contributed by atoms with Gasteiger partial charge in [0.15, 0.2) is 0 Å². The molecule has 0 radical (unpaired) electrons. The van der Waals surface area contributed by atoms with Crippen LogP contribution in [0.5, 0.6) is 0 Å². The molecule has 0 saturated carbocycles. The summed E-state index contributed by atoms with van der Waals surface area (Å²) >= 11 is 0. The summed E-state index contributed by atoms with van der Waals surface area (Å²) in [5.74, 6) is 1.15. The average Bonchev–Trinajstić information content (AvgIpc) is 3.14. The molecular formula is C22H18N4O3. The monoisotopic (exact) mass is 386 g/mol. The van der Waals surface area contributed by atoms with E-state index in [2.05, 4.69) is 12.1 Å². The summed E-state index contributed by atoms with van der Waals surface area (Å²) < 4.78 is 7.70. The molecule has 29 heavy (non-hydrogen) atoms. The lowest BCUT2D eigenvalue weighted by Gasteiger charge is -2.06. The van der Waals surface area contributed by atoms with Crippen LogP contribution in [0.2, 0.25) is 0 Å². The van der Waals surface area contributed by atoms with E-state index in [9.17, 15) is 20.6 Å². The first-order valence-electron chi connectivity index (χ1n) is 8.84.